The number of hydrogen-bond donors (Lipinski definition) is 4. The van der Waals surface area contributed by atoms with E-state index in [1.54, 1.807) is 18.2 Å². The second kappa shape index (κ2) is 5.90. The molecule has 1 aromatic rings. The van der Waals surface area contributed by atoms with E-state index in [0.29, 0.717) is 0 Å². The molecule has 4 N–H and O–H groups in total. The van der Waals surface area contributed by atoms with Crippen molar-refractivity contribution < 1.29 is 29.1 Å². The van der Waals surface area contributed by atoms with E-state index in [-0.39, 0.29) is 5.56 Å². The normalized spacial score (nSPS) is 13.1. The number of hydroxylamine groups is 1. The Kier molecular flexibility index (Phi) is 4.80. The first-order chi connectivity index (χ1) is 7.95. The second-order valence-electron chi connectivity index (χ2n) is 3.20. The predicted molar refractivity (Wildman–Crippen MR) is 57.1 cm³/mol. The summed E-state index contributed by atoms with van der Waals surface area (Å²) in [5.41, 5.74) is 1.56. The Labute approximate surface area is 97.2 Å². The summed E-state index contributed by atoms with van der Waals surface area (Å²) >= 11 is 0. The topological polar surface area (TPSA) is 116 Å². The highest BCUT2D eigenvalue weighted by molar-refractivity contribution is 7.52. The number of amides is 1. The molecule has 17 heavy (non-hydrogen) atoms. The van der Waals surface area contributed by atoms with Crippen LogP contribution in [0.3, 0.4) is 0 Å². The van der Waals surface area contributed by atoms with Gasteiger partial charge >= 0.3 is 7.60 Å². The molecule has 0 bridgehead atoms. The van der Waals surface area contributed by atoms with Crippen molar-refractivity contribution in [1.82, 2.24) is 5.48 Å². The van der Waals surface area contributed by atoms with Crippen molar-refractivity contribution in [3.63, 3.8) is 0 Å². The van der Waals surface area contributed by atoms with Gasteiger partial charge in [0.1, 0.15) is 6.61 Å². The Hall–Kier alpha value is -1.24. The number of carbonyl (C=O) groups excluding carboxylic acids is 1. The summed E-state index contributed by atoms with van der Waals surface area (Å²) < 4.78 is 16.0. The molecule has 94 valence electrons. The Morgan fingerprint density at radius 3 is 2.41 bits per heavy atom. The van der Waals surface area contributed by atoms with Gasteiger partial charge in [0.05, 0.1) is 0 Å². The maximum atomic E-state index is 11.2. The van der Waals surface area contributed by atoms with Crippen LogP contribution >= 0.6 is 7.60 Å². The molecule has 8 heteroatoms. The summed E-state index contributed by atoms with van der Waals surface area (Å²) in [6, 6.07) is 7.81. The van der Waals surface area contributed by atoms with Crippen molar-refractivity contribution in [2.45, 2.75) is 5.85 Å². The molecule has 7 nitrogen and oxygen atoms in total. The zero-order chi connectivity index (χ0) is 12.9. The van der Waals surface area contributed by atoms with Gasteiger partial charge in [-0.15, -0.1) is 0 Å². The fraction of sp³-hybridized carbons (Fsp3) is 0.222. The average Bonchev–Trinajstić information content (AvgIpc) is 2.28. The van der Waals surface area contributed by atoms with E-state index in [1.165, 1.54) is 17.6 Å². The van der Waals surface area contributed by atoms with Gasteiger partial charge in [-0.25, -0.2) is 5.48 Å². The van der Waals surface area contributed by atoms with Crippen LogP contribution in [0, 0.1) is 0 Å². The molecular formula is C9H12NO6P. The molecule has 0 aromatic heterocycles. The van der Waals surface area contributed by atoms with E-state index in [1.807, 2.05) is 0 Å². The molecule has 0 radical (unpaired) electrons. The minimum atomic E-state index is -4.55. The molecular weight excluding hydrogens is 249 g/mol. The molecule has 0 unspecified atom stereocenters. The number of nitrogens with one attached hydrogen (secondary N) is 1. The van der Waals surface area contributed by atoms with Crippen molar-refractivity contribution in [3.8, 4) is 0 Å². The fourth-order valence-electron chi connectivity index (χ4n) is 1.19. The number of benzene rings is 1. The summed E-state index contributed by atoms with van der Waals surface area (Å²) in [4.78, 5) is 29.0. The van der Waals surface area contributed by atoms with Crippen molar-refractivity contribution in [2.75, 3.05) is 6.61 Å². The summed E-state index contributed by atoms with van der Waals surface area (Å²) in [6.45, 7) is -0.652. The SMILES string of the molecule is O=C(CO[C@H](c1ccccc1)P(=O)(O)O)NO. The monoisotopic (exact) mass is 261 g/mol. The van der Waals surface area contributed by atoms with Gasteiger partial charge in [-0.3, -0.25) is 14.6 Å². The average molecular weight is 261 g/mol. The summed E-state index contributed by atoms with van der Waals surface area (Å²) in [7, 11) is -4.55. The van der Waals surface area contributed by atoms with Crippen LogP contribution in [0.2, 0.25) is 0 Å². The van der Waals surface area contributed by atoms with E-state index < -0.39 is 26.0 Å². The van der Waals surface area contributed by atoms with Crippen molar-refractivity contribution in [2.24, 2.45) is 0 Å². The number of carbonyl (C=O) groups is 1. The lowest BCUT2D eigenvalue weighted by Crippen LogP contribution is -2.25. The highest BCUT2D eigenvalue weighted by Crippen LogP contribution is 2.52. The summed E-state index contributed by atoms with van der Waals surface area (Å²) in [6.07, 6.45) is 0. The molecule has 1 amide bonds. The second-order valence-corrected chi connectivity index (χ2v) is 4.85. The summed E-state index contributed by atoms with van der Waals surface area (Å²) in [5, 5.41) is 8.25. The van der Waals surface area contributed by atoms with E-state index in [9.17, 15) is 9.36 Å². The van der Waals surface area contributed by atoms with E-state index in [2.05, 4.69) is 0 Å². The van der Waals surface area contributed by atoms with Gasteiger partial charge in [0, 0.05) is 0 Å². The van der Waals surface area contributed by atoms with Crippen molar-refractivity contribution >= 4 is 13.5 Å². The molecule has 1 aromatic carbocycles. The van der Waals surface area contributed by atoms with E-state index in [4.69, 9.17) is 19.7 Å². The van der Waals surface area contributed by atoms with E-state index in [0.717, 1.165) is 0 Å². The Morgan fingerprint density at radius 2 is 1.94 bits per heavy atom. The van der Waals surface area contributed by atoms with Crippen LogP contribution < -0.4 is 5.48 Å². The zero-order valence-electron chi connectivity index (χ0n) is 8.68. The third kappa shape index (κ3) is 4.26. The first-order valence-corrected chi connectivity index (χ1v) is 6.28. The predicted octanol–water partition coefficient (Wildman–Crippen LogP) is 0.385. The number of hydrogen-bond acceptors (Lipinski definition) is 4. The molecule has 0 fully saturated rings. The molecule has 1 rings (SSSR count). The van der Waals surface area contributed by atoms with E-state index >= 15 is 0 Å². The quantitative estimate of drug-likeness (QED) is 0.346. The molecule has 0 saturated heterocycles. The van der Waals surface area contributed by atoms with Gasteiger partial charge in [0.25, 0.3) is 5.91 Å². The lowest BCUT2D eigenvalue weighted by atomic mass is 10.2. The van der Waals surface area contributed by atoms with Gasteiger partial charge in [0.15, 0.2) is 5.85 Å². The van der Waals surface area contributed by atoms with Crippen LogP contribution in [0.25, 0.3) is 0 Å². The third-order valence-corrected chi connectivity index (χ3v) is 2.95. The van der Waals surface area contributed by atoms with Crippen molar-refractivity contribution in [3.05, 3.63) is 35.9 Å². The first-order valence-electron chi connectivity index (χ1n) is 4.60. The molecule has 0 heterocycles. The molecule has 0 aliphatic heterocycles. The Balaban J connectivity index is 2.83. The van der Waals surface area contributed by atoms with Gasteiger partial charge in [0.2, 0.25) is 0 Å². The van der Waals surface area contributed by atoms with Gasteiger partial charge in [-0.1, -0.05) is 30.3 Å². The van der Waals surface area contributed by atoms with Crippen LogP contribution in [0.1, 0.15) is 11.4 Å². The van der Waals surface area contributed by atoms with Crippen molar-refractivity contribution in [1.29, 1.82) is 0 Å². The number of ether oxygens (including phenoxy) is 1. The lowest BCUT2D eigenvalue weighted by Gasteiger charge is -2.18. The fourth-order valence-corrected chi connectivity index (χ4v) is 2.02. The van der Waals surface area contributed by atoms with Gasteiger partial charge in [-0.2, -0.15) is 0 Å². The van der Waals surface area contributed by atoms with Crippen LogP contribution in [-0.2, 0) is 14.1 Å². The third-order valence-electron chi connectivity index (χ3n) is 1.89. The van der Waals surface area contributed by atoms with Crippen LogP contribution in [-0.4, -0.2) is 27.5 Å². The van der Waals surface area contributed by atoms with Gasteiger partial charge in [-0.05, 0) is 5.56 Å². The van der Waals surface area contributed by atoms with Gasteiger partial charge < -0.3 is 14.5 Å². The highest BCUT2D eigenvalue weighted by Gasteiger charge is 2.31. The minimum Gasteiger partial charge on any atom is -0.351 e. The molecule has 0 saturated carbocycles. The van der Waals surface area contributed by atoms with Crippen LogP contribution in [0.15, 0.2) is 30.3 Å². The molecule has 0 aliphatic rings. The number of rotatable bonds is 5. The molecule has 1 atom stereocenters. The minimum absolute atomic E-state index is 0.256. The smallest absolute Gasteiger partial charge is 0.351 e. The molecule has 0 aliphatic carbocycles. The largest absolute Gasteiger partial charge is 0.358 e. The standard InChI is InChI=1S/C9H12NO6P/c11-8(10-12)6-16-9(17(13,14)15)7-4-2-1-3-5-7/h1-5,9,12H,6H2,(H,10,11)(H2,13,14,15)/t9-/m0/s1. The Bertz CT molecular complexity index is 417. The highest BCUT2D eigenvalue weighted by atomic mass is 31.2. The lowest BCUT2D eigenvalue weighted by molar-refractivity contribution is -0.134. The summed E-state index contributed by atoms with van der Waals surface area (Å²) in [5.74, 6) is -2.42. The first kappa shape index (κ1) is 13.8. The van der Waals surface area contributed by atoms with Crippen LogP contribution in [0.5, 0.6) is 0 Å². The Morgan fingerprint density at radius 1 is 1.35 bits per heavy atom. The maximum absolute atomic E-state index is 11.2. The van der Waals surface area contributed by atoms with Crippen LogP contribution in [0.4, 0.5) is 0 Å². The maximum Gasteiger partial charge on any atom is 0.358 e. The zero-order valence-corrected chi connectivity index (χ0v) is 9.58. The molecule has 0 spiro atoms.